The molecule has 2 heterocycles. The first kappa shape index (κ1) is 26.4. The average Bonchev–Trinajstić information content (AvgIpc) is 3.48. The molecule has 212 valence electrons. The molecule has 0 atom stereocenters. The van der Waals surface area contributed by atoms with Crippen LogP contribution in [0.2, 0.25) is 0 Å². The van der Waals surface area contributed by atoms with Crippen molar-refractivity contribution in [2.45, 2.75) is 19.6 Å². The van der Waals surface area contributed by atoms with Gasteiger partial charge in [0.2, 0.25) is 0 Å². The molecule has 0 bridgehead atoms. The summed E-state index contributed by atoms with van der Waals surface area (Å²) in [5.74, 6) is 0. The van der Waals surface area contributed by atoms with Gasteiger partial charge in [-0.25, -0.2) is 0 Å². The highest BCUT2D eigenvalue weighted by molar-refractivity contribution is 8.00. The molecule has 0 saturated heterocycles. The molecule has 1 nitrogen and oxygen atoms in total. The van der Waals surface area contributed by atoms with E-state index in [1.165, 1.54) is 80.4 Å². The minimum absolute atomic E-state index is 1.16. The number of hydrogen-bond acceptors (Lipinski definition) is 2. The van der Waals surface area contributed by atoms with Crippen molar-refractivity contribution in [1.82, 2.24) is 4.98 Å². The summed E-state index contributed by atoms with van der Waals surface area (Å²) >= 11 is 3.74. The van der Waals surface area contributed by atoms with Crippen LogP contribution in [0.4, 0.5) is 0 Å². The fourth-order valence-electron chi connectivity index (χ4n) is 6.63. The maximum atomic E-state index is 3.77. The molecule has 1 aliphatic heterocycles. The topological polar surface area (TPSA) is 15.8 Å². The number of aromatic nitrogens is 1. The van der Waals surface area contributed by atoms with Gasteiger partial charge in [0, 0.05) is 47.0 Å². The van der Waals surface area contributed by atoms with Crippen LogP contribution in [-0.4, -0.2) is 4.98 Å². The normalized spacial score (nSPS) is 12.3. The van der Waals surface area contributed by atoms with Crippen molar-refractivity contribution < 1.29 is 0 Å². The molecule has 1 aliphatic rings. The first-order valence-corrected chi connectivity index (χ1v) is 16.8. The molecule has 0 amide bonds. The monoisotopic (exact) mass is 609 g/mol. The molecule has 9 rings (SSSR count). The van der Waals surface area contributed by atoms with Crippen molar-refractivity contribution in [1.29, 1.82) is 0 Å². The number of fused-ring (bicyclic) bond motifs is 9. The average molecular weight is 610 g/mol. The van der Waals surface area contributed by atoms with Crippen LogP contribution in [0.3, 0.4) is 0 Å². The van der Waals surface area contributed by atoms with Crippen LogP contribution in [0.15, 0.2) is 177 Å². The molecule has 0 saturated carbocycles. The van der Waals surface area contributed by atoms with Crippen LogP contribution in [0.25, 0.3) is 66.3 Å². The fraction of sp³-hybridized carbons (Fsp3) is 0. The Balaban J connectivity index is 1.36. The summed E-state index contributed by atoms with van der Waals surface area (Å²) in [4.78, 5) is 8.80. The minimum Gasteiger partial charge on any atom is -0.354 e. The predicted molar refractivity (Wildman–Crippen MR) is 192 cm³/mol. The summed E-state index contributed by atoms with van der Waals surface area (Å²) in [5.41, 5.74) is 12.3. The molecule has 7 aromatic carbocycles. The zero-order valence-corrected chi connectivity index (χ0v) is 26.0. The van der Waals surface area contributed by atoms with Gasteiger partial charge in [0.05, 0.1) is 5.52 Å². The molecule has 8 aromatic rings. The van der Waals surface area contributed by atoms with Crippen LogP contribution in [0.1, 0.15) is 0 Å². The molecule has 1 aromatic heterocycles. The third-order valence-electron chi connectivity index (χ3n) is 8.72. The van der Waals surface area contributed by atoms with E-state index >= 15 is 0 Å². The van der Waals surface area contributed by atoms with Crippen molar-refractivity contribution in [2.75, 3.05) is 0 Å². The molecule has 1 N–H and O–H groups in total. The summed E-state index contributed by atoms with van der Waals surface area (Å²) in [6, 6.07) is 57.5. The maximum absolute atomic E-state index is 3.77. The first-order valence-electron chi connectivity index (χ1n) is 15.2. The lowest BCUT2D eigenvalue weighted by Gasteiger charge is -2.23. The van der Waals surface area contributed by atoms with E-state index in [-0.39, 0.29) is 0 Å². The van der Waals surface area contributed by atoms with E-state index < -0.39 is 0 Å². The quantitative estimate of drug-likeness (QED) is 0.210. The largest absolute Gasteiger partial charge is 0.354 e. The molecule has 0 spiro atoms. The number of benzene rings is 7. The number of para-hydroxylation sites is 2. The second-order valence-corrected chi connectivity index (χ2v) is 13.5. The molecular weight excluding hydrogens is 583 g/mol. The van der Waals surface area contributed by atoms with E-state index in [0.717, 1.165) is 5.52 Å². The van der Waals surface area contributed by atoms with E-state index in [1.54, 1.807) is 0 Å². The highest BCUT2D eigenvalue weighted by atomic mass is 32.2. The minimum atomic E-state index is 1.16. The molecule has 45 heavy (non-hydrogen) atoms. The molecular formula is C42H27NS2. The Kier molecular flexibility index (Phi) is 6.40. The lowest BCUT2D eigenvalue weighted by Crippen LogP contribution is -1.95. The molecule has 0 aliphatic carbocycles. The van der Waals surface area contributed by atoms with Gasteiger partial charge in [0.25, 0.3) is 0 Å². The van der Waals surface area contributed by atoms with Crippen molar-refractivity contribution in [3.8, 4) is 44.5 Å². The summed E-state index contributed by atoms with van der Waals surface area (Å²) in [6.07, 6.45) is 0. The third-order valence-corrected chi connectivity index (χ3v) is 11.0. The van der Waals surface area contributed by atoms with Gasteiger partial charge >= 0.3 is 0 Å². The number of aromatic amines is 1. The van der Waals surface area contributed by atoms with Gasteiger partial charge in [-0.15, -0.1) is 0 Å². The number of hydrogen-bond donors (Lipinski definition) is 1. The predicted octanol–water partition coefficient (Wildman–Crippen LogP) is 12.6. The second-order valence-electron chi connectivity index (χ2n) is 11.4. The van der Waals surface area contributed by atoms with E-state index in [9.17, 15) is 0 Å². The zero-order valence-electron chi connectivity index (χ0n) is 24.3. The number of nitrogens with one attached hydrogen (secondary N) is 1. The van der Waals surface area contributed by atoms with Crippen LogP contribution in [0, 0.1) is 0 Å². The van der Waals surface area contributed by atoms with Crippen LogP contribution >= 0.6 is 23.5 Å². The Labute approximate surface area is 271 Å². The summed E-state index contributed by atoms with van der Waals surface area (Å²) < 4.78 is 0. The van der Waals surface area contributed by atoms with Crippen LogP contribution in [-0.2, 0) is 0 Å². The lowest BCUT2D eigenvalue weighted by atomic mass is 9.92. The standard InChI is InChI=1S/C42H27NS2/c1-2-12-27(13-3-1)28-24-25-35-40(26-28)45-38-22-9-6-16-31(38)30-15-5-8-21-37(30)44-39-23-11-17-32(41(35)39)34-19-10-18-33-29-14-4-7-20-36(29)43-42(33)34/h1-26,43H. The Morgan fingerprint density at radius 1 is 0.356 bits per heavy atom. The third kappa shape index (κ3) is 4.50. The SMILES string of the molecule is c1ccc(-c2ccc3c(c2)Sc2ccccc2-c2ccccc2Sc2cccc(-c4cccc5c4[nH]c4ccccc45)c2-3)cc1. The van der Waals surface area contributed by atoms with Gasteiger partial charge in [0.15, 0.2) is 0 Å². The molecule has 3 heteroatoms. The zero-order chi connectivity index (χ0) is 29.7. The molecule has 0 radical (unpaired) electrons. The van der Waals surface area contributed by atoms with Gasteiger partial charge in [-0.1, -0.05) is 151 Å². The smallest absolute Gasteiger partial charge is 0.0544 e. The Hall–Kier alpha value is -4.96. The van der Waals surface area contributed by atoms with Gasteiger partial charge < -0.3 is 4.98 Å². The Morgan fingerprint density at radius 3 is 1.78 bits per heavy atom. The van der Waals surface area contributed by atoms with E-state index in [0.29, 0.717) is 0 Å². The van der Waals surface area contributed by atoms with Gasteiger partial charge in [-0.05, 0) is 63.7 Å². The number of H-pyrrole nitrogens is 1. The first-order chi connectivity index (χ1) is 22.3. The van der Waals surface area contributed by atoms with Crippen LogP contribution < -0.4 is 0 Å². The fourth-order valence-corrected chi connectivity index (χ4v) is 8.91. The van der Waals surface area contributed by atoms with Crippen molar-refractivity contribution in [3.63, 3.8) is 0 Å². The molecule has 0 unspecified atom stereocenters. The second kappa shape index (κ2) is 10.9. The van der Waals surface area contributed by atoms with Crippen molar-refractivity contribution in [3.05, 3.63) is 158 Å². The number of rotatable bonds is 2. The van der Waals surface area contributed by atoms with Crippen molar-refractivity contribution in [2.24, 2.45) is 0 Å². The van der Waals surface area contributed by atoms with E-state index in [2.05, 4.69) is 163 Å². The molecule has 0 fully saturated rings. The Bertz CT molecular complexity index is 2390. The van der Waals surface area contributed by atoms with Crippen molar-refractivity contribution >= 4 is 45.3 Å². The summed E-state index contributed by atoms with van der Waals surface area (Å²) in [5, 5.41) is 2.51. The lowest BCUT2D eigenvalue weighted by molar-refractivity contribution is 1.32. The van der Waals surface area contributed by atoms with E-state index in [4.69, 9.17) is 0 Å². The van der Waals surface area contributed by atoms with Gasteiger partial charge in [-0.2, -0.15) is 0 Å². The van der Waals surface area contributed by atoms with Crippen LogP contribution in [0.5, 0.6) is 0 Å². The van der Waals surface area contributed by atoms with E-state index in [1.807, 2.05) is 23.5 Å². The van der Waals surface area contributed by atoms with Gasteiger partial charge in [0.1, 0.15) is 0 Å². The highest BCUT2D eigenvalue weighted by Crippen LogP contribution is 2.52. The van der Waals surface area contributed by atoms with Gasteiger partial charge in [-0.3, -0.25) is 0 Å². The maximum Gasteiger partial charge on any atom is 0.0544 e. The Morgan fingerprint density at radius 2 is 0.956 bits per heavy atom. The highest BCUT2D eigenvalue weighted by Gasteiger charge is 2.23. The summed E-state index contributed by atoms with van der Waals surface area (Å²) in [7, 11) is 0. The summed E-state index contributed by atoms with van der Waals surface area (Å²) in [6.45, 7) is 0.